The van der Waals surface area contributed by atoms with Crippen molar-refractivity contribution in [2.75, 3.05) is 12.4 Å². The van der Waals surface area contributed by atoms with Crippen LogP contribution < -0.4 is 10.1 Å². The fraction of sp³-hybridized carbons (Fsp3) is 0.136. The summed E-state index contributed by atoms with van der Waals surface area (Å²) < 4.78 is 10.4. The van der Waals surface area contributed by atoms with Gasteiger partial charge in [0.2, 0.25) is 0 Å². The van der Waals surface area contributed by atoms with Gasteiger partial charge in [-0.25, -0.2) is 9.78 Å². The van der Waals surface area contributed by atoms with Gasteiger partial charge in [-0.2, -0.15) is 0 Å². The van der Waals surface area contributed by atoms with Gasteiger partial charge >= 0.3 is 5.97 Å². The van der Waals surface area contributed by atoms with E-state index in [1.807, 2.05) is 53.9 Å². The molecule has 0 aliphatic carbocycles. The molecular weight excluding hydrogens is 388 g/mol. The normalized spacial score (nSPS) is 11.8. The lowest BCUT2D eigenvalue weighted by atomic mass is 10.2. The third-order valence-electron chi connectivity index (χ3n) is 4.00. The van der Waals surface area contributed by atoms with Crippen molar-refractivity contribution < 1.29 is 19.1 Å². The minimum absolute atomic E-state index is 0.446. The third kappa shape index (κ3) is 5.52. The zero-order valence-corrected chi connectivity index (χ0v) is 16.8. The second-order valence-electron chi connectivity index (χ2n) is 6.05. The number of para-hydroxylation sites is 1. The van der Waals surface area contributed by atoms with Crippen molar-refractivity contribution in [1.29, 1.82) is 0 Å². The first-order chi connectivity index (χ1) is 14.1. The van der Waals surface area contributed by atoms with Crippen molar-refractivity contribution in [2.24, 2.45) is 0 Å². The Morgan fingerprint density at radius 2 is 1.83 bits per heavy atom. The second kappa shape index (κ2) is 9.66. The summed E-state index contributed by atoms with van der Waals surface area (Å²) in [4.78, 5) is 28.7. The smallest absolute Gasteiger partial charge is 0.331 e. The highest BCUT2D eigenvalue weighted by atomic mass is 32.1. The second-order valence-corrected chi connectivity index (χ2v) is 6.91. The number of carbonyl (C=O) groups is 2. The molecule has 1 N–H and O–H groups in total. The molecule has 0 saturated carbocycles. The summed E-state index contributed by atoms with van der Waals surface area (Å²) in [5.74, 6) is -0.430. The van der Waals surface area contributed by atoms with Crippen molar-refractivity contribution in [3.05, 3.63) is 71.6 Å². The van der Waals surface area contributed by atoms with E-state index >= 15 is 0 Å². The van der Waals surface area contributed by atoms with E-state index in [4.69, 9.17) is 9.47 Å². The van der Waals surface area contributed by atoms with Crippen LogP contribution in [0.15, 0.2) is 66.1 Å². The molecule has 29 heavy (non-hydrogen) atoms. The molecule has 3 aromatic rings. The molecule has 0 saturated heterocycles. The van der Waals surface area contributed by atoms with Gasteiger partial charge in [-0.3, -0.25) is 10.1 Å². The number of benzene rings is 2. The topological polar surface area (TPSA) is 77.5 Å². The fourth-order valence-electron chi connectivity index (χ4n) is 2.51. The number of ether oxygens (including phenoxy) is 2. The summed E-state index contributed by atoms with van der Waals surface area (Å²) >= 11 is 1.31. The summed E-state index contributed by atoms with van der Waals surface area (Å²) in [7, 11) is 1.55. The SMILES string of the molecule is COc1ccccc1/C=C/C(=O)OC(C)C(=O)Nc1nc(-c2ccccc2)cs1. The Hall–Kier alpha value is -3.45. The van der Waals surface area contributed by atoms with E-state index < -0.39 is 18.0 Å². The molecule has 0 fully saturated rings. The maximum absolute atomic E-state index is 12.3. The highest BCUT2D eigenvalue weighted by Gasteiger charge is 2.18. The molecule has 3 rings (SSSR count). The summed E-state index contributed by atoms with van der Waals surface area (Å²) in [6.45, 7) is 1.51. The predicted octanol–water partition coefficient (Wildman–Crippen LogP) is 4.40. The van der Waals surface area contributed by atoms with Gasteiger partial charge in [0, 0.05) is 22.6 Å². The Balaban J connectivity index is 1.56. The van der Waals surface area contributed by atoms with Gasteiger partial charge in [-0.05, 0) is 19.1 Å². The average molecular weight is 408 g/mol. The van der Waals surface area contributed by atoms with Crippen LogP contribution in [0.3, 0.4) is 0 Å². The van der Waals surface area contributed by atoms with Crippen molar-refractivity contribution in [1.82, 2.24) is 4.98 Å². The maximum atomic E-state index is 12.3. The Morgan fingerprint density at radius 1 is 1.10 bits per heavy atom. The van der Waals surface area contributed by atoms with Crippen LogP contribution in [0.1, 0.15) is 12.5 Å². The molecule has 6 nitrogen and oxygen atoms in total. The minimum Gasteiger partial charge on any atom is -0.496 e. The highest BCUT2D eigenvalue weighted by molar-refractivity contribution is 7.14. The van der Waals surface area contributed by atoms with Gasteiger partial charge in [0.15, 0.2) is 11.2 Å². The largest absolute Gasteiger partial charge is 0.496 e. The summed E-state index contributed by atoms with van der Waals surface area (Å²) in [6, 6.07) is 16.9. The number of amides is 1. The first-order valence-corrected chi connectivity index (χ1v) is 9.78. The number of aromatic nitrogens is 1. The van der Waals surface area contributed by atoms with Gasteiger partial charge < -0.3 is 9.47 Å². The zero-order valence-electron chi connectivity index (χ0n) is 16.0. The summed E-state index contributed by atoms with van der Waals surface area (Å²) in [6.07, 6.45) is 1.88. The quantitative estimate of drug-likeness (QED) is 0.463. The molecule has 0 aliphatic heterocycles. The Bertz CT molecular complexity index is 1010. The molecule has 1 atom stereocenters. The van der Waals surface area contributed by atoms with Gasteiger partial charge in [-0.15, -0.1) is 11.3 Å². The van der Waals surface area contributed by atoms with E-state index in [2.05, 4.69) is 10.3 Å². The number of carbonyl (C=O) groups excluding carboxylic acids is 2. The van der Waals surface area contributed by atoms with Crippen LogP contribution >= 0.6 is 11.3 Å². The molecule has 7 heteroatoms. The molecule has 1 aromatic heterocycles. The van der Waals surface area contributed by atoms with Crippen LogP contribution in [-0.2, 0) is 14.3 Å². The number of esters is 1. The molecule has 1 amide bonds. The highest BCUT2D eigenvalue weighted by Crippen LogP contribution is 2.24. The lowest BCUT2D eigenvalue weighted by Gasteiger charge is -2.10. The monoisotopic (exact) mass is 408 g/mol. The van der Waals surface area contributed by atoms with Crippen LogP contribution in [0.5, 0.6) is 5.75 Å². The standard InChI is InChI=1S/C22H20N2O4S/c1-15(28-20(25)13-12-17-10-6-7-11-19(17)27-2)21(26)24-22-23-18(14-29-22)16-8-4-3-5-9-16/h3-15H,1-2H3,(H,23,24,26)/b13-12+. The lowest BCUT2D eigenvalue weighted by molar-refractivity contribution is -0.148. The van der Waals surface area contributed by atoms with Crippen LogP contribution in [0.2, 0.25) is 0 Å². The van der Waals surface area contributed by atoms with Crippen molar-refractivity contribution in [2.45, 2.75) is 13.0 Å². The van der Waals surface area contributed by atoms with Crippen molar-refractivity contribution in [3.63, 3.8) is 0 Å². The van der Waals surface area contributed by atoms with Crippen LogP contribution in [0.25, 0.3) is 17.3 Å². The minimum atomic E-state index is -0.964. The molecule has 0 bridgehead atoms. The number of nitrogens with zero attached hydrogens (tertiary/aromatic N) is 1. The molecule has 0 aliphatic rings. The number of methoxy groups -OCH3 is 1. The fourth-order valence-corrected chi connectivity index (χ4v) is 3.23. The molecule has 2 aromatic carbocycles. The number of hydrogen-bond acceptors (Lipinski definition) is 6. The first-order valence-electron chi connectivity index (χ1n) is 8.90. The van der Waals surface area contributed by atoms with Gasteiger partial charge in [0.1, 0.15) is 5.75 Å². The number of anilines is 1. The van der Waals surface area contributed by atoms with E-state index in [9.17, 15) is 9.59 Å². The van der Waals surface area contributed by atoms with Crippen molar-refractivity contribution in [3.8, 4) is 17.0 Å². The van der Waals surface area contributed by atoms with Gasteiger partial charge in [0.05, 0.1) is 12.8 Å². The summed E-state index contributed by atoms with van der Waals surface area (Å²) in [5.41, 5.74) is 2.47. The number of hydrogen-bond donors (Lipinski definition) is 1. The van der Waals surface area contributed by atoms with Gasteiger partial charge in [-0.1, -0.05) is 48.5 Å². The lowest BCUT2D eigenvalue weighted by Crippen LogP contribution is -2.29. The maximum Gasteiger partial charge on any atom is 0.331 e. The first kappa shape index (κ1) is 20.3. The molecular formula is C22H20N2O4S. The summed E-state index contributed by atoms with van der Waals surface area (Å²) in [5, 5.41) is 4.98. The van der Waals surface area contributed by atoms with E-state index in [-0.39, 0.29) is 0 Å². The van der Waals surface area contributed by atoms with E-state index in [0.29, 0.717) is 10.9 Å². The Morgan fingerprint density at radius 3 is 2.59 bits per heavy atom. The van der Waals surface area contributed by atoms with E-state index in [1.165, 1.54) is 24.3 Å². The molecule has 1 unspecified atom stereocenters. The zero-order chi connectivity index (χ0) is 20.6. The van der Waals surface area contributed by atoms with Crippen molar-refractivity contribution >= 4 is 34.4 Å². The van der Waals surface area contributed by atoms with Crippen LogP contribution in [0.4, 0.5) is 5.13 Å². The molecule has 1 heterocycles. The molecule has 0 radical (unpaired) electrons. The van der Waals surface area contributed by atoms with Crippen LogP contribution in [-0.4, -0.2) is 30.1 Å². The van der Waals surface area contributed by atoms with E-state index in [1.54, 1.807) is 19.3 Å². The van der Waals surface area contributed by atoms with Crippen LogP contribution in [0, 0.1) is 0 Å². The Kier molecular flexibility index (Phi) is 6.76. The Labute approximate surface area is 172 Å². The average Bonchev–Trinajstić information content (AvgIpc) is 3.21. The number of rotatable bonds is 7. The predicted molar refractivity (Wildman–Crippen MR) is 114 cm³/mol. The molecule has 148 valence electrons. The number of thiazole rings is 1. The van der Waals surface area contributed by atoms with E-state index in [0.717, 1.165) is 16.8 Å². The van der Waals surface area contributed by atoms with Gasteiger partial charge in [0.25, 0.3) is 5.91 Å². The molecule has 0 spiro atoms. The third-order valence-corrected chi connectivity index (χ3v) is 4.76. The number of nitrogens with one attached hydrogen (secondary N) is 1.